The van der Waals surface area contributed by atoms with E-state index >= 15 is 0 Å². The lowest BCUT2D eigenvalue weighted by Crippen LogP contribution is -2.07. The molecule has 1 amide bonds. The van der Waals surface area contributed by atoms with Crippen LogP contribution < -0.4 is 10.1 Å². The Morgan fingerprint density at radius 2 is 1.73 bits per heavy atom. The summed E-state index contributed by atoms with van der Waals surface area (Å²) in [5, 5.41) is 3.43. The zero-order valence-electron chi connectivity index (χ0n) is 12.8. The summed E-state index contributed by atoms with van der Waals surface area (Å²) in [5.74, 6) is 0.634. The molecule has 22 heavy (non-hydrogen) atoms. The van der Waals surface area contributed by atoms with E-state index in [1.165, 1.54) is 6.08 Å². The third-order valence-corrected chi connectivity index (χ3v) is 3.57. The van der Waals surface area contributed by atoms with E-state index in [0.29, 0.717) is 10.7 Å². The number of rotatable bonds is 4. The Balaban J connectivity index is 2.11. The maximum atomic E-state index is 12.0. The molecule has 2 aromatic rings. The van der Waals surface area contributed by atoms with Crippen molar-refractivity contribution in [1.29, 1.82) is 0 Å². The number of aryl methyl sites for hydroxylation is 2. The maximum absolute atomic E-state index is 12.0. The molecule has 0 saturated heterocycles. The molecule has 0 spiro atoms. The minimum absolute atomic E-state index is 0.183. The summed E-state index contributed by atoms with van der Waals surface area (Å²) in [5.41, 5.74) is 3.86. The first-order valence-electron chi connectivity index (χ1n) is 6.89. The highest BCUT2D eigenvalue weighted by Crippen LogP contribution is 2.22. The van der Waals surface area contributed by atoms with E-state index < -0.39 is 0 Å². The van der Waals surface area contributed by atoms with Crippen molar-refractivity contribution < 1.29 is 9.53 Å². The van der Waals surface area contributed by atoms with Gasteiger partial charge in [-0.2, -0.15) is 0 Å². The van der Waals surface area contributed by atoms with Crippen LogP contribution in [0.2, 0.25) is 5.02 Å². The van der Waals surface area contributed by atoms with E-state index in [-0.39, 0.29) is 5.91 Å². The third kappa shape index (κ3) is 4.12. The second-order valence-electron chi connectivity index (χ2n) is 5.00. The van der Waals surface area contributed by atoms with Crippen molar-refractivity contribution in [2.75, 3.05) is 12.4 Å². The van der Waals surface area contributed by atoms with Gasteiger partial charge in [0.25, 0.3) is 0 Å². The number of carbonyl (C=O) groups excluding carboxylic acids is 1. The molecule has 0 unspecified atom stereocenters. The van der Waals surface area contributed by atoms with Crippen LogP contribution in [-0.2, 0) is 4.79 Å². The number of halogens is 1. The molecule has 4 heteroatoms. The zero-order valence-corrected chi connectivity index (χ0v) is 13.6. The quantitative estimate of drug-likeness (QED) is 0.836. The van der Waals surface area contributed by atoms with Crippen LogP contribution in [0, 0.1) is 13.8 Å². The van der Waals surface area contributed by atoms with Crippen LogP contribution in [0.4, 0.5) is 5.69 Å². The summed E-state index contributed by atoms with van der Waals surface area (Å²) >= 11 is 5.81. The Morgan fingerprint density at radius 3 is 2.27 bits per heavy atom. The van der Waals surface area contributed by atoms with Crippen molar-refractivity contribution in [3.05, 3.63) is 64.2 Å². The molecule has 1 N–H and O–H groups in total. The van der Waals surface area contributed by atoms with Crippen molar-refractivity contribution in [3.63, 3.8) is 0 Å². The minimum Gasteiger partial charge on any atom is -0.497 e. The third-order valence-electron chi connectivity index (χ3n) is 3.32. The molecule has 0 aliphatic carbocycles. The van der Waals surface area contributed by atoms with Gasteiger partial charge in [0, 0.05) is 16.8 Å². The predicted octanol–water partition coefficient (Wildman–Crippen LogP) is 4.62. The first kappa shape index (κ1) is 16.1. The molecule has 0 aromatic heterocycles. The van der Waals surface area contributed by atoms with Crippen LogP contribution in [0.5, 0.6) is 5.75 Å². The van der Waals surface area contributed by atoms with E-state index in [2.05, 4.69) is 5.32 Å². The molecule has 0 radical (unpaired) electrons. The van der Waals surface area contributed by atoms with Gasteiger partial charge in [0.15, 0.2) is 0 Å². The molecule has 0 heterocycles. The van der Waals surface area contributed by atoms with Gasteiger partial charge in [-0.25, -0.2) is 0 Å². The highest BCUT2D eigenvalue weighted by Gasteiger charge is 2.04. The van der Waals surface area contributed by atoms with E-state index in [9.17, 15) is 4.79 Å². The molecule has 3 nitrogen and oxygen atoms in total. The van der Waals surface area contributed by atoms with Crippen LogP contribution >= 0.6 is 11.6 Å². The molecule has 0 aliphatic rings. The standard InChI is InChI=1S/C18H18ClNO2/c1-12-10-16(22-3)11-13(2)17(12)8-9-18(21)20-15-6-4-14(19)5-7-15/h4-11H,1-3H3,(H,20,21)/b9-8+. The Labute approximate surface area is 135 Å². The van der Waals surface area contributed by atoms with Crippen molar-refractivity contribution in [3.8, 4) is 5.75 Å². The van der Waals surface area contributed by atoms with Crippen LogP contribution in [0.15, 0.2) is 42.5 Å². The van der Waals surface area contributed by atoms with Gasteiger partial charge in [-0.3, -0.25) is 4.79 Å². The molecule has 0 fully saturated rings. The van der Waals surface area contributed by atoms with Gasteiger partial charge in [-0.05, 0) is 73.0 Å². The maximum Gasteiger partial charge on any atom is 0.248 e. The number of amides is 1. The number of carbonyl (C=O) groups is 1. The smallest absolute Gasteiger partial charge is 0.248 e. The second-order valence-corrected chi connectivity index (χ2v) is 5.44. The molecular weight excluding hydrogens is 298 g/mol. The number of ether oxygens (including phenoxy) is 1. The fourth-order valence-corrected chi connectivity index (χ4v) is 2.32. The zero-order chi connectivity index (χ0) is 16.1. The van der Waals surface area contributed by atoms with Crippen LogP contribution in [0.3, 0.4) is 0 Å². The average Bonchev–Trinajstić information content (AvgIpc) is 2.48. The molecule has 2 aromatic carbocycles. The van der Waals surface area contributed by atoms with Crippen molar-refractivity contribution >= 4 is 29.3 Å². The average molecular weight is 316 g/mol. The fourth-order valence-electron chi connectivity index (χ4n) is 2.19. The Kier molecular flexibility index (Phi) is 5.23. The van der Waals surface area contributed by atoms with Crippen LogP contribution in [-0.4, -0.2) is 13.0 Å². The van der Waals surface area contributed by atoms with Gasteiger partial charge < -0.3 is 10.1 Å². The number of methoxy groups -OCH3 is 1. The van der Waals surface area contributed by atoms with Crippen LogP contribution in [0.25, 0.3) is 6.08 Å². The first-order chi connectivity index (χ1) is 10.5. The highest BCUT2D eigenvalue weighted by atomic mass is 35.5. The second kappa shape index (κ2) is 7.14. The number of hydrogen-bond donors (Lipinski definition) is 1. The lowest BCUT2D eigenvalue weighted by atomic mass is 10.0. The minimum atomic E-state index is -0.183. The predicted molar refractivity (Wildman–Crippen MR) is 91.6 cm³/mol. The lowest BCUT2D eigenvalue weighted by molar-refractivity contribution is -0.111. The molecule has 0 atom stereocenters. The largest absolute Gasteiger partial charge is 0.497 e. The van der Waals surface area contributed by atoms with Crippen molar-refractivity contribution in [2.24, 2.45) is 0 Å². The van der Waals surface area contributed by atoms with Gasteiger partial charge in [0.2, 0.25) is 5.91 Å². The van der Waals surface area contributed by atoms with Gasteiger partial charge in [-0.15, -0.1) is 0 Å². The van der Waals surface area contributed by atoms with Gasteiger partial charge in [0.1, 0.15) is 5.75 Å². The topological polar surface area (TPSA) is 38.3 Å². The van der Waals surface area contributed by atoms with E-state index in [4.69, 9.17) is 16.3 Å². The van der Waals surface area contributed by atoms with E-state index in [0.717, 1.165) is 22.4 Å². The van der Waals surface area contributed by atoms with Gasteiger partial charge >= 0.3 is 0 Å². The summed E-state index contributed by atoms with van der Waals surface area (Å²) in [4.78, 5) is 12.0. The van der Waals surface area contributed by atoms with Crippen LogP contribution in [0.1, 0.15) is 16.7 Å². The number of anilines is 1. The Hall–Kier alpha value is -2.26. The molecule has 0 bridgehead atoms. The van der Waals surface area contributed by atoms with E-state index in [1.807, 2.05) is 32.1 Å². The summed E-state index contributed by atoms with van der Waals surface area (Å²) in [6, 6.07) is 10.9. The first-order valence-corrected chi connectivity index (χ1v) is 7.27. The Bertz CT molecular complexity index is 683. The molecule has 2 rings (SSSR count). The summed E-state index contributed by atoms with van der Waals surface area (Å²) in [6.45, 7) is 3.98. The van der Waals surface area contributed by atoms with Crippen molar-refractivity contribution in [2.45, 2.75) is 13.8 Å². The monoisotopic (exact) mass is 315 g/mol. The molecule has 0 saturated carbocycles. The summed E-state index contributed by atoms with van der Waals surface area (Å²) in [7, 11) is 1.64. The Morgan fingerprint density at radius 1 is 1.14 bits per heavy atom. The fraction of sp³-hybridized carbons (Fsp3) is 0.167. The lowest BCUT2D eigenvalue weighted by Gasteiger charge is -2.08. The normalized spacial score (nSPS) is 10.7. The molecular formula is C18H18ClNO2. The molecule has 0 aliphatic heterocycles. The van der Waals surface area contributed by atoms with Gasteiger partial charge in [0.05, 0.1) is 7.11 Å². The molecule has 114 valence electrons. The SMILES string of the molecule is COc1cc(C)c(/C=C/C(=O)Nc2ccc(Cl)cc2)c(C)c1. The summed E-state index contributed by atoms with van der Waals surface area (Å²) in [6.07, 6.45) is 3.34. The van der Waals surface area contributed by atoms with E-state index in [1.54, 1.807) is 31.4 Å². The van der Waals surface area contributed by atoms with Gasteiger partial charge in [-0.1, -0.05) is 11.6 Å². The highest BCUT2D eigenvalue weighted by molar-refractivity contribution is 6.30. The number of benzene rings is 2. The number of nitrogens with one attached hydrogen (secondary N) is 1. The number of hydrogen-bond acceptors (Lipinski definition) is 2. The summed E-state index contributed by atoms with van der Waals surface area (Å²) < 4.78 is 5.23. The van der Waals surface area contributed by atoms with Crippen molar-refractivity contribution in [1.82, 2.24) is 0 Å².